The Bertz CT molecular complexity index is 828. The Morgan fingerprint density at radius 2 is 1.85 bits per heavy atom. The van der Waals surface area contributed by atoms with Gasteiger partial charge in [-0.15, -0.1) is 0 Å². The Kier molecular flexibility index (Phi) is 6.74. The summed E-state index contributed by atoms with van der Waals surface area (Å²) in [5.41, 5.74) is 0.369. The van der Waals surface area contributed by atoms with Crippen molar-refractivity contribution in [3.8, 4) is 11.5 Å². The van der Waals surface area contributed by atoms with Crippen LogP contribution in [0.5, 0.6) is 11.5 Å². The van der Waals surface area contributed by atoms with Crippen molar-refractivity contribution in [2.24, 2.45) is 0 Å². The van der Waals surface area contributed by atoms with Gasteiger partial charge < -0.3 is 14.2 Å². The third-order valence-corrected chi connectivity index (χ3v) is 3.77. The first-order valence-electron chi connectivity index (χ1n) is 7.50. The maximum Gasteiger partial charge on any atom is 0.331 e. The molecule has 136 valence electrons. The van der Waals surface area contributed by atoms with Crippen molar-refractivity contribution in [2.75, 3.05) is 20.8 Å². The molecule has 26 heavy (non-hydrogen) atoms. The second-order valence-corrected chi connectivity index (χ2v) is 5.48. The molecule has 0 unspecified atom stereocenters. The predicted molar refractivity (Wildman–Crippen MR) is 95.3 cm³/mol. The smallest absolute Gasteiger partial charge is 0.331 e. The van der Waals surface area contributed by atoms with E-state index >= 15 is 0 Å². The van der Waals surface area contributed by atoms with E-state index in [-0.39, 0.29) is 10.6 Å². The first-order chi connectivity index (χ1) is 12.5. The average Bonchev–Trinajstić information content (AvgIpc) is 2.65. The van der Waals surface area contributed by atoms with Crippen molar-refractivity contribution in [1.82, 2.24) is 0 Å². The summed E-state index contributed by atoms with van der Waals surface area (Å²) >= 11 is 5.85. The van der Waals surface area contributed by atoms with Crippen molar-refractivity contribution in [3.05, 3.63) is 64.4 Å². The number of benzene rings is 2. The molecule has 0 radical (unpaired) electrons. The molecule has 0 aliphatic carbocycles. The Hall–Kier alpha value is -2.86. The van der Waals surface area contributed by atoms with E-state index in [2.05, 4.69) is 0 Å². The Labute approximate surface area is 154 Å². The molecule has 0 spiro atoms. The minimum absolute atomic E-state index is 0.0670. The topological polar surface area (TPSA) is 61.8 Å². The molecule has 7 heteroatoms. The van der Waals surface area contributed by atoms with Crippen LogP contribution in [-0.4, -0.2) is 32.6 Å². The van der Waals surface area contributed by atoms with E-state index in [9.17, 15) is 14.0 Å². The lowest BCUT2D eigenvalue weighted by atomic mass is 10.1. The fourth-order valence-electron chi connectivity index (χ4n) is 2.10. The summed E-state index contributed by atoms with van der Waals surface area (Å²) in [6, 6.07) is 8.77. The number of carbonyl (C=O) groups excluding carboxylic acids is 2. The lowest BCUT2D eigenvalue weighted by Gasteiger charge is -2.09. The van der Waals surface area contributed by atoms with E-state index < -0.39 is 24.2 Å². The fraction of sp³-hybridized carbons (Fsp3) is 0.158. The summed E-state index contributed by atoms with van der Waals surface area (Å²) < 4.78 is 28.7. The lowest BCUT2D eigenvalue weighted by Crippen LogP contribution is -2.12. The van der Waals surface area contributed by atoms with Gasteiger partial charge in [-0.05, 0) is 36.4 Å². The number of methoxy groups -OCH3 is 2. The van der Waals surface area contributed by atoms with E-state index in [0.29, 0.717) is 17.1 Å². The van der Waals surface area contributed by atoms with E-state index in [1.165, 1.54) is 50.6 Å². The van der Waals surface area contributed by atoms with E-state index in [1.807, 2.05) is 0 Å². The molecule has 0 aliphatic heterocycles. The number of hydrogen-bond donors (Lipinski definition) is 0. The molecule has 0 aliphatic rings. The molecule has 0 fully saturated rings. The summed E-state index contributed by atoms with van der Waals surface area (Å²) in [5, 5.41) is 0.162. The van der Waals surface area contributed by atoms with Gasteiger partial charge in [0.2, 0.25) is 0 Å². The van der Waals surface area contributed by atoms with Crippen molar-refractivity contribution < 1.29 is 28.2 Å². The zero-order chi connectivity index (χ0) is 19.1. The highest BCUT2D eigenvalue weighted by molar-refractivity contribution is 6.32. The standard InChI is InChI=1S/C19H16ClFO5/c1-24-17-8-6-12(10-18(17)25-2)16(22)11-26-19(23)9-7-13-14(20)4-3-5-15(13)21/h3-10H,11H2,1-2H3/b9-7+. The second-order valence-electron chi connectivity index (χ2n) is 5.07. The highest BCUT2D eigenvalue weighted by Crippen LogP contribution is 2.27. The number of ether oxygens (including phenoxy) is 3. The summed E-state index contributed by atoms with van der Waals surface area (Å²) in [4.78, 5) is 23.8. The average molecular weight is 379 g/mol. The summed E-state index contributed by atoms with van der Waals surface area (Å²) in [6.45, 7) is -0.469. The van der Waals surface area contributed by atoms with Gasteiger partial charge in [0.15, 0.2) is 23.9 Å². The molecule has 0 amide bonds. The van der Waals surface area contributed by atoms with Gasteiger partial charge in [0.05, 0.1) is 19.2 Å². The molecule has 0 bridgehead atoms. The van der Waals surface area contributed by atoms with Crippen LogP contribution in [0.1, 0.15) is 15.9 Å². The number of ketones is 1. The van der Waals surface area contributed by atoms with Gasteiger partial charge >= 0.3 is 5.97 Å². The number of hydrogen-bond acceptors (Lipinski definition) is 5. The molecular weight excluding hydrogens is 363 g/mol. The van der Waals surface area contributed by atoms with Gasteiger partial charge in [-0.3, -0.25) is 4.79 Å². The normalized spacial score (nSPS) is 10.6. The number of carbonyl (C=O) groups is 2. The zero-order valence-electron chi connectivity index (χ0n) is 14.1. The van der Waals surface area contributed by atoms with Crippen LogP contribution in [-0.2, 0) is 9.53 Å². The van der Waals surface area contributed by atoms with Gasteiger partial charge in [0.1, 0.15) is 5.82 Å². The first kappa shape index (κ1) is 19.5. The zero-order valence-corrected chi connectivity index (χ0v) is 14.9. The predicted octanol–water partition coefficient (Wildman–Crippen LogP) is 3.94. The van der Waals surface area contributed by atoms with Crippen LogP contribution in [0.3, 0.4) is 0 Å². The minimum atomic E-state index is -0.793. The first-order valence-corrected chi connectivity index (χ1v) is 7.88. The van der Waals surface area contributed by atoms with E-state index in [0.717, 1.165) is 6.08 Å². The number of Topliss-reactive ketones (excluding diaryl/α,β-unsaturated/α-hetero) is 1. The molecule has 0 atom stereocenters. The molecule has 0 saturated heterocycles. The molecule has 0 heterocycles. The quantitative estimate of drug-likeness (QED) is 0.415. The Morgan fingerprint density at radius 3 is 2.50 bits per heavy atom. The highest BCUT2D eigenvalue weighted by Gasteiger charge is 2.12. The van der Waals surface area contributed by atoms with Crippen LogP contribution >= 0.6 is 11.6 Å². The Morgan fingerprint density at radius 1 is 1.12 bits per heavy atom. The maximum atomic E-state index is 13.6. The number of rotatable bonds is 7. The van der Waals surface area contributed by atoms with Gasteiger partial charge in [-0.25, -0.2) is 9.18 Å². The van der Waals surface area contributed by atoms with E-state index in [4.69, 9.17) is 25.8 Å². The monoisotopic (exact) mass is 378 g/mol. The highest BCUT2D eigenvalue weighted by atomic mass is 35.5. The minimum Gasteiger partial charge on any atom is -0.493 e. The fourth-order valence-corrected chi connectivity index (χ4v) is 2.33. The van der Waals surface area contributed by atoms with Gasteiger partial charge in [0.25, 0.3) is 0 Å². The SMILES string of the molecule is COc1ccc(C(=O)COC(=O)/C=C/c2c(F)cccc2Cl)cc1OC. The third-order valence-electron chi connectivity index (χ3n) is 3.44. The molecular formula is C19H16ClFO5. The lowest BCUT2D eigenvalue weighted by molar-refractivity contribution is -0.136. The maximum absolute atomic E-state index is 13.6. The molecule has 0 N–H and O–H groups in total. The molecule has 2 rings (SSSR count). The van der Waals surface area contributed by atoms with Crippen molar-refractivity contribution in [2.45, 2.75) is 0 Å². The molecule has 5 nitrogen and oxygen atoms in total. The van der Waals surface area contributed by atoms with Crippen LogP contribution in [0.25, 0.3) is 6.08 Å². The van der Waals surface area contributed by atoms with Crippen molar-refractivity contribution >= 4 is 29.4 Å². The largest absolute Gasteiger partial charge is 0.493 e. The molecule has 2 aromatic carbocycles. The van der Waals surface area contributed by atoms with E-state index in [1.54, 1.807) is 6.07 Å². The summed E-state index contributed by atoms with van der Waals surface area (Å²) in [5.74, 6) is -0.915. The van der Waals surface area contributed by atoms with Crippen molar-refractivity contribution in [1.29, 1.82) is 0 Å². The van der Waals surface area contributed by atoms with Gasteiger partial charge in [-0.1, -0.05) is 17.7 Å². The van der Waals surface area contributed by atoms with Crippen LogP contribution in [0.4, 0.5) is 4.39 Å². The van der Waals surface area contributed by atoms with Crippen LogP contribution in [0, 0.1) is 5.82 Å². The van der Waals surface area contributed by atoms with Gasteiger partial charge in [0, 0.05) is 17.2 Å². The van der Waals surface area contributed by atoms with Crippen LogP contribution < -0.4 is 9.47 Å². The second kappa shape index (κ2) is 9.01. The van der Waals surface area contributed by atoms with Crippen LogP contribution in [0.15, 0.2) is 42.5 Å². The van der Waals surface area contributed by atoms with Gasteiger partial charge in [-0.2, -0.15) is 0 Å². The number of halogens is 2. The summed E-state index contributed by atoms with van der Waals surface area (Å²) in [7, 11) is 2.93. The summed E-state index contributed by atoms with van der Waals surface area (Å²) in [6.07, 6.45) is 2.20. The number of esters is 1. The molecule has 0 saturated carbocycles. The Balaban J connectivity index is 1.99. The molecule has 0 aromatic heterocycles. The molecule has 2 aromatic rings. The van der Waals surface area contributed by atoms with Crippen LogP contribution in [0.2, 0.25) is 5.02 Å². The van der Waals surface area contributed by atoms with Crippen molar-refractivity contribution in [3.63, 3.8) is 0 Å². The third kappa shape index (κ3) is 4.83.